The average molecular weight is 335 g/mol. The van der Waals surface area contributed by atoms with Crippen molar-refractivity contribution in [1.82, 2.24) is 10.6 Å². The van der Waals surface area contributed by atoms with Gasteiger partial charge in [-0.05, 0) is 13.0 Å². The van der Waals surface area contributed by atoms with E-state index in [4.69, 9.17) is 15.9 Å². The second-order valence-electron chi connectivity index (χ2n) is 4.88. The zero-order valence-corrected chi connectivity index (χ0v) is 12.6. The summed E-state index contributed by atoms with van der Waals surface area (Å²) in [5.74, 6) is -1.18. The number of carbonyl (C=O) groups excluding carboxylic acids is 2. The van der Waals surface area contributed by atoms with Crippen LogP contribution in [0, 0.1) is 0 Å². The SMILES string of the molecule is NC(=O)/C=C\C(=O)NCCCNC[C@H](O)[C@@H](O)[C@H](O)[C@H](O)CO. The third-order valence-corrected chi connectivity index (χ3v) is 2.91. The van der Waals surface area contributed by atoms with Crippen LogP contribution in [0.4, 0.5) is 0 Å². The quantitative estimate of drug-likeness (QED) is 0.130. The second-order valence-corrected chi connectivity index (χ2v) is 4.88. The molecule has 0 bridgehead atoms. The van der Waals surface area contributed by atoms with E-state index in [1.807, 2.05) is 0 Å². The lowest BCUT2D eigenvalue weighted by Crippen LogP contribution is -2.49. The number of carbonyl (C=O) groups is 2. The summed E-state index contributed by atoms with van der Waals surface area (Å²) < 4.78 is 0. The number of aliphatic hydroxyl groups excluding tert-OH is 5. The lowest BCUT2D eigenvalue weighted by Gasteiger charge is -2.25. The van der Waals surface area contributed by atoms with Gasteiger partial charge in [-0.25, -0.2) is 0 Å². The molecule has 0 aliphatic carbocycles. The van der Waals surface area contributed by atoms with E-state index in [1.54, 1.807) is 0 Å². The largest absolute Gasteiger partial charge is 0.394 e. The summed E-state index contributed by atoms with van der Waals surface area (Å²) in [6.07, 6.45) is -3.67. The monoisotopic (exact) mass is 335 g/mol. The highest BCUT2D eigenvalue weighted by atomic mass is 16.4. The van der Waals surface area contributed by atoms with E-state index < -0.39 is 42.8 Å². The zero-order chi connectivity index (χ0) is 17.8. The molecule has 0 aliphatic rings. The molecule has 2 amide bonds. The van der Waals surface area contributed by atoms with E-state index in [2.05, 4.69) is 10.6 Å². The fourth-order valence-electron chi connectivity index (χ4n) is 1.58. The van der Waals surface area contributed by atoms with Gasteiger partial charge >= 0.3 is 0 Å². The van der Waals surface area contributed by atoms with E-state index >= 15 is 0 Å². The van der Waals surface area contributed by atoms with Gasteiger partial charge in [-0.1, -0.05) is 0 Å². The van der Waals surface area contributed by atoms with Gasteiger partial charge in [-0.15, -0.1) is 0 Å². The first-order valence-corrected chi connectivity index (χ1v) is 7.08. The standard InChI is InChI=1S/C13H25N3O7/c14-10(20)2-3-11(21)16-5-1-4-15-6-8(18)12(22)13(23)9(19)7-17/h2-3,8-9,12-13,15,17-19,22-23H,1,4-7H2,(H2,14,20)(H,16,21)/b3-2-/t8-,9+,12+,13+/m0/s1. The molecule has 0 aromatic rings. The summed E-state index contributed by atoms with van der Waals surface area (Å²) in [6, 6.07) is 0. The molecule has 0 spiro atoms. The molecular formula is C13H25N3O7. The number of amides is 2. The molecule has 0 aromatic carbocycles. The van der Waals surface area contributed by atoms with Crippen molar-refractivity contribution >= 4 is 11.8 Å². The molecule has 0 saturated carbocycles. The van der Waals surface area contributed by atoms with E-state index in [0.717, 1.165) is 12.2 Å². The number of primary amides is 1. The first kappa shape index (κ1) is 21.4. The molecule has 0 saturated heterocycles. The lowest BCUT2D eigenvalue weighted by atomic mass is 10.0. The van der Waals surface area contributed by atoms with Crippen LogP contribution in [0.15, 0.2) is 12.2 Å². The number of nitrogens with two attached hydrogens (primary N) is 1. The molecular weight excluding hydrogens is 310 g/mol. The van der Waals surface area contributed by atoms with Crippen LogP contribution in [0.3, 0.4) is 0 Å². The smallest absolute Gasteiger partial charge is 0.244 e. The zero-order valence-electron chi connectivity index (χ0n) is 12.6. The predicted octanol–water partition coefficient (Wildman–Crippen LogP) is -4.44. The molecule has 0 aliphatic heterocycles. The Kier molecular flexibility index (Phi) is 11.1. The summed E-state index contributed by atoms with van der Waals surface area (Å²) in [4.78, 5) is 21.6. The van der Waals surface area contributed by atoms with Gasteiger partial charge in [-0.2, -0.15) is 0 Å². The third-order valence-electron chi connectivity index (χ3n) is 2.91. The van der Waals surface area contributed by atoms with E-state index in [0.29, 0.717) is 19.5 Å². The Labute approximate surface area is 133 Å². The van der Waals surface area contributed by atoms with Crippen LogP contribution in [0.2, 0.25) is 0 Å². The number of nitrogens with one attached hydrogen (secondary N) is 2. The molecule has 0 heterocycles. The molecule has 0 fully saturated rings. The van der Waals surface area contributed by atoms with Gasteiger partial charge in [0.15, 0.2) is 0 Å². The molecule has 9 N–H and O–H groups in total. The van der Waals surface area contributed by atoms with Crippen molar-refractivity contribution in [3.8, 4) is 0 Å². The molecule has 10 heteroatoms. The second kappa shape index (κ2) is 11.9. The minimum absolute atomic E-state index is 0.0497. The van der Waals surface area contributed by atoms with E-state index in [1.165, 1.54) is 0 Å². The van der Waals surface area contributed by atoms with Gasteiger partial charge in [0.05, 0.1) is 12.7 Å². The van der Waals surface area contributed by atoms with Crippen LogP contribution in [-0.4, -0.2) is 88.0 Å². The maximum Gasteiger partial charge on any atom is 0.244 e. The Morgan fingerprint density at radius 1 is 1.00 bits per heavy atom. The Bertz CT molecular complexity index is 392. The first-order chi connectivity index (χ1) is 10.8. The Hall–Kier alpha value is -1.56. The summed E-state index contributed by atoms with van der Waals surface area (Å²) in [6.45, 7) is -0.0597. The van der Waals surface area contributed by atoms with Crippen LogP contribution >= 0.6 is 0 Å². The Balaban J connectivity index is 3.79. The number of rotatable bonds is 12. The summed E-state index contributed by atoms with van der Waals surface area (Å²) in [5.41, 5.74) is 4.83. The summed E-state index contributed by atoms with van der Waals surface area (Å²) >= 11 is 0. The predicted molar refractivity (Wildman–Crippen MR) is 79.9 cm³/mol. The highest BCUT2D eigenvalue weighted by molar-refractivity contribution is 5.95. The van der Waals surface area contributed by atoms with Crippen LogP contribution in [-0.2, 0) is 9.59 Å². The van der Waals surface area contributed by atoms with Gasteiger partial charge in [0, 0.05) is 25.2 Å². The molecule has 0 rings (SSSR count). The highest BCUT2D eigenvalue weighted by Gasteiger charge is 2.29. The van der Waals surface area contributed by atoms with Gasteiger partial charge in [0.2, 0.25) is 11.8 Å². The molecule has 0 aromatic heterocycles. The molecule has 10 nitrogen and oxygen atoms in total. The first-order valence-electron chi connectivity index (χ1n) is 7.08. The minimum Gasteiger partial charge on any atom is -0.394 e. The van der Waals surface area contributed by atoms with Gasteiger partial charge < -0.3 is 41.9 Å². The van der Waals surface area contributed by atoms with E-state index in [-0.39, 0.29) is 6.54 Å². The minimum atomic E-state index is -1.66. The fraction of sp³-hybridized carbons (Fsp3) is 0.692. The normalized spacial score (nSPS) is 16.7. The van der Waals surface area contributed by atoms with Crippen molar-refractivity contribution in [2.24, 2.45) is 5.73 Å². The topological polar surface area (TPSA) is 185 Å². The maximum atomic E-state index is 11.2. The number of hydrogen-bond acceptors (Lipinski definition) is 8. The maximum absolute atomic E-state index is 11.2. The van der Waals surface area contributed by atoms with Crippen molar-refractivity contribution in [2.45, 2.75) is 30.8 Å². The van der Waals surface area contributed by atoms with Crippen molar-refractivity contribution < 1.29 is 35.1 Å². The van der Waals surface area contributed by atoms with Crippen LogP contribution in [0.5, 0.6) is 0 Å². The van der Waals surface area contributed by atoms with Crippen LogP contribution < -0.4 is 16.4 Å². The summed E-state index contributed by atoms with van der Waals surface area (Å²) in [5, 5.41) is 51.7. The van der Waals surface area contributed by atoms with Crippen molar-refractivity contribution in [3.05, 3.63) is 12.2 Å². The van der Waals surface area contributed by atoms with Gasteiger partial charge in [-0.3, -0.25) is 9.59 Å². The van der Waals surface area contributed by atoms with E-state index in [9.17, 15) is 24.9 Å². The Morgan fingerprint density at radius 3 is 2.17 bits per heavy atom. The molecule has 4 atom stereocenters. The number of hydrogen-bond donors (Lipinski definition) is 8. The Morgan fingerprint density at radius 2 is 1.61 bits per heavy atom. The molecule has 23 heavy (non-hydrogen) atoms. The van der Waals surface area contributed by atoms with Crippen molar-refractivity contribution in [2.75, 3.05) is 26.2 Å². The number of aliphatic hydroxyl groups is 5. The summed E-state index contributed by atoms with van der Waals surface area (Å²) in [7, 11) is 0. The molecule has 134 valence electrons. The van der Waals surface area contributed by atoms with Crippen molar-refractivity contribution in [1.29, 1.82) is 0 Å². The van der Waals surface area contributed by atoms with Gasteiger partial charge in [0.25, 0.3) is 0 Å². The van der Waals surface area contributed by atoms with Crippen LogP contribution in [0.25, 0.3) is 0 Å². The fourth-order valence-corrected chi connectivity index (χ4v) is 1.58. The average Bonchev–Trinajstić information content (AvgIpc) is 2.53. The van der Waals surface area contributed by atoms with Crippen LogP contribution in [0.1, 0.15) is 6.42 Å². The molecule has 0 unspecified atom stereocenters. The molecule has 0 radical (unpaired) electrons. The van der Waals surface area contributed by atoms with Gasteiger partial charge in [0.1, 0.15) is 18.3 Å². The van der Waals surface area contributed by atoms with Crippen molar-refractivity contribution in [3.63, 3.8) is 0 Å². The third kappa shape index (κ3) is 9.94. The lowest BCUT2D eigenvalue weighted by molar-refractivity contribution is -0.117. The highest BCUT2D eigenvalue weighted by Crippen LogP contribution is 2.04.